The molecule has 1 fully saturated rings. The predicted molar refractivity (Wildman–Crippen MR) is 103 cm³/mol. The van der Waals surface area contributed by atoms with Crippen LogP contribution >= 0.6 is 0 Å². The number of hydrogen-bond acceptors (Lipinski definition) is 4. The molecule has 7 nitrogen and oxygen atoms in total. The van der Waals surface area contributed by atoms with Crippen LogP contribution in [0.3, 0.4) is 0 Å². The standard InChI is InChI=1S/C20H27N3O4/c1-20(2)15-11-14(22-19(26)21-13-7-5-4-6-8-13)9-10-16(15)23(18(20)25)12-17(24)27-3/h9-11,13H,4-8,12H2,1-3H3,(H2,21,22,26). The number of ether oxygens (including phenoxy) is 1. The number of fused-ring (bicyclic) bond motifs is 1. The number of esters is 1. The van der Waals surface area contributed by atoms with E-state index in [1.165, 1.54) is 18.4 Å². The second-order valence-electron chi connectivity index (χ2n) is 7.76. The van der Waals surface area contributed by atoms with Crippen molar-refractivity contribution in [1.29, 1.82) is 0 Å². The number of nitrogens with one attached hydrogen (secondary N) is 2. The fourth-order valence-corrected chi connectivity index (χ4v) is 3.86. The highest BCUT2D eigenvalue weighted by atomic mass is 16.5. The molecule has 1 heterocycles. The number of anilines is 2. The van der Waals surface area contributed by atoms with Crippen molar-refractivity contribution in [2.45, 2.75) is 57.4 Å². The van der Waals surface area contributed by atoms with Crippen LogP contribution in [0.4, 0.5) is 16.2 Å². The molecule has 1 aromatic rings. The van der Waals surface area contributed by atoms with E-state index in [2.05, 4.69) is 10.6 Å². The van der Waals surface area contributed by atoms with Gasteiger partial charge < -0.3 is 20.3 Å². The van der Waals surface area contributed by atoms with Gasteiger partial charge in [0.05, 0.1) is 12.5 Å². The molecule has 3 amide bonds. The van der Waals surface area contributed by atoms with Crippen LogP contribution in [0.5, 0.6) is 0 Å². The third-order valence-electron chi connectivity index (χ3n) is 5.45. The van der Waals surface area contributed by atoms with Gasteiger partial charge in [-0.2, -0.15) is 0 Å². The van der Waals surface area contributed by atoms with Gasteiger partial charge in [0.2, 0.25) is 5.91 Å². The molecule has 3 rings (SSSR count). The summed E-state index contributed by atoms with van der Waals surface area (Å²) in [4.78, 5) is 38.1. The van der Waals surface area contributed by atoms with Gasteiger partial charge in [-0.25, -0.2) is 4.79 Å². The molecule has 1 saturated carbocycles. The van der Waals surface area contributed by atoms with Gasteiger partial charge in [0.1, 0.15) is 6.54 Å². The minimum atomic E-state index is -0.777. The van der Waals surface area contributed by atoms with Crippen LogP contribution in [0.2, 0.25) is 0 Å². The summed E-state index contributed by atoms with van der Waals surface area (Å²) in [7, 11) is 1.30. The molecular formula is C20H27N3O4. The molecule has 0 atom stereocenters. The smallest absolute Gasteiger partial charge is 0.325 e. The van der Waals surface area contributed by atoms with Crippen molar-refractivity contribution in [1.82, 2.24) is 5.32 Å². The second kappa shape index (κ2) is 7.58. The van der Waals surface area contributed by atoms with E-state index in [4.69, 9.17) is 4.74 Å². The normalized spacial score (nSPS) is 18.8. The highest BCUT2D eigenvalue weighted by molar-refractivity contribution is 6.10. The van der Waals surface area contributed by atoms with Crippen LogP contribution in [0.25, 0.3) is 0 Å². The summed E-state index contributed by atoms with van der Waals surface area (Å²) in [6, 6.07) is 5.32. The lowest BCUT2D eigenvalue weighted by molar-refractivity contribution is -0.140. The minimum Gasteiger partial charge on any atom is -0.468 e. The second-order valence-corrected chi connectivity index (χ2v) is 7.76. The lowest BCUT2D eigenvalue weighted by atomic mass is 9.86. The van der Waals surface area contributed by atoms with Crippen molar-refractivity contribution in [3.8, 4) is 0 Å². The van der Waals surface area contributed by atoms with E-state index in [0.717, 1.165) is 31.2 Å². The van der Waals surface area contributed by atoms with Gasteiger partial charge in [-0.3, -0.25) is 9.59 Å². The van der Waals surface area contributed by atoms with Crippen molar-refractivity contribution in [2.24, 2.45) is 0 Å². The molecule has 1 aromatic carbocycles. The summed E-state index contributed by atoms with van der Waals surface area (Å²) in [6.07, 6.45) is 5.56. The molecule has 0 aromatic heterocycles. The van der Waals surface area contributed by atoms with E-state index in [9.17, 15) is 14.4 Å². The minimum absolute atomic E-state index is 0.124. The number of amides is 3. The molecule has 0 unspecified atom stereocenters. The molecule has 0 saturated heterocycles. The molecular weight excluding hydrogens is 346 g/mol. The molecule has 1 aliphatic heterocycles. The maximum Gasteiger partial charge on any atom is 0.325 e. The Morgan fingerprint density at radius 3 is 2.59 bits per heavy atom. The highest BCUT2D eigenvalue weighted by Crippen LogP contribution is 2.42. The number of benzene rings is 1. The highest BCUT2D eigenvalue weighted by Gasteiger charge is 2.44. The Morgan fingerprint density at radius 2 is 1.93 bits per heavy atom. The van der Waals surface area contributed by atoms with Crippen LogP contribution in [-0.4, -0.2) is 37.6 Å². The fraction of sp³-hybridized carbons (Fsp3) is 0.550. The van der Waals surface area contributed by atoms with Gasteiger partial charge in [0, 0.05) is 17.4 Å². The monoisotopic (exact) mass is 373 g/mol. The molecule has 7 heteroatoms. The summed E-state index contributed by atoms with van der Waals surface area (Å²) in [5.41, 5.74) is 1.31. The van der Waals surface area contributed by atoms with Gasteiger partial charge in [-0.1, -0.05) is 19.3 Å². The maximum atomic E-state index is 12.8. The van der Waals surface area contributed by atoms with Gasteiger partial charge in [-0.15, -0.1) is 0 Å². The van der Waals surface area contributed by atoms with Crippen LogP contribution in [-0.2, 0) is 19.7 Å². The number of methoxy groups -OCH3 is 1. The SMILES string of the molecule is COC(=O)CN1C(=O)C(C)(C)c2cc(NC(=O)NC3CCCCC3)ccc21. The third kappa shape index (κ3) is 3.91. The summed E-state index contributed by atoms with van der Waals surface area (Å²) in [5.74, 6) is -0.632. The first kappa shape index (κ1) is 19.2. The van der Waals surface area contributed by atoms with E-state index < -0.39 is 11.4 Å². The number of nitrogens with zero attached hydrogens (tertiary/aromatic N) is 1. The Labute approximate surface area is 159 Å². The predicted octanol–water partition coefficient (Wildman–Crippen LogP) is 2.94. The van der Waals surface area contributed by atoms with Crippen molar-refractivity contribution < 1.29 is 19.1 Å². The topological polar surface area (TPSA) is 87.7 Å². The van der Waals surface area contributed by atoms with E-state index >= 15 is 0 Å². The summed E-state index contributed by atoms with van der Waals surface area (Å²) < 4.78 is 4.69. The lowest BCUT2D eigenvalue weighted by Crippen LogP contribution is -2.39. The Kier molecular flexibility index (Phi) is 5.39. The van der Waals surface area contributed by atoms with E-state index in [-0.39, 0.29) is 24.5 Å². The average Bonchev–Trinajstić information content (AvgIpc) is 2.83. The van der Waals surface area contributed by atoms with Crippen molar-refractivity contribution >= 4 is 29.3 Å². The molecule has 2 N–H and O–H groups in total. The number of rotatable bonds is 4. The number of urea groups is 1. The Morgan fingerprint density at radius 1 is 1.22 bits per heavy atom. The lowest BCUT2D eigenvalue weighted by Gasteiger charge is -2.23. The zero-order chi connectivity index (χ0) is 19.6. The number of hydrogen-bond donors (Lipinski definition) is 2. The molecule has 146 valence electrons. The Balaban J connectivity index is 1.75. The summed E-state index contributed by atoms with van der Waals surface area (Å²) in [5, 5.41) is 5.89. The van der Waals surface area contributed by atoms with Crippen LogP contribution < -0.4 is 15.5 Å². The summed E-state index contributed by atoms with van der Waals surface area (Å²) >= 11 is 0. The largest absolute Gasteiger partial charge is 0.468 e. The zero-order valence-electron chi connectivity index (χ0n) is 16.1. The van der Waals surface area contributed by atoms with Gasteiger partial charge in [-0.05, 0) is 50.5 Å². The first-order valence-electron chi connectivity index (χ1n) is 9.43. The van der Waals surface area contributed by atoms with Crippen molar-refractivity contribution in [3.63, 3.8) is 0 Å². The average molecular weight is 373 g/mol. The molecule has 2 aliphatic rings. The van der Waals surface area contributed by atoms with Crippen molar-refractivity contribution in [2.75, 3.05) is 23.9 Å². The Hall–Kier alpha value is -2.57. The van der Waals surface area contributed by atoms with Crippen LogP contribution in [0, 0.1) is 0 Å². The van der Waals surface area contributed by atoms with Crippen LogP contribution in [0.1, 0.15) is 51.5 Å². The summed E-state index contributed by atoms with van der Waals surface area (Å²) in [6.45, 7) is 3.51. The first-order valence-corrected chi connectivity index (χ1v) is 9.43. The van der Waals surface area contributed by atoms with Gasteiger partial charge >= 0.3 is 12.0 Å². The van der Waals surface area contributed by atoms with E-state index in [1.807, 2.05) is 19.9 Å². The van der Waals surface area contributed by atoms with Gasteiger partial charge in [0.25, 0.3) is 0 Å². The molecule has 1 aliphatic carbocycles. The van der Waals surface area contributed by atoms with Crippen molar-refractivity contribution in [3.05, 3.63) is 23.8 Å². The maximum absolute atomic E-state index is 12.8. The third-order valence-corrected chi connectivity index (χ3v) is 5.45. The molecule has 27 heavy (non-hydrogen) atoms. The number of carbonyl (C=O) groups excluding carboxylic acids is 3. The molecule has 0 bridgehead atoms. The first-order chi connectivity index (χ1) is 12.8. The van der Waals surface area contributed by atoms with E-state index in [1.54, 1.807) is 12.1 Å². The van der Waals surface area contributed by atoms with Crippen LogP contribution in [0.15, 0.2) is 18.2 Å². The quantitative estimate of drug-likeness (QED) is 0.795. The molecule has 0 spiro atoms. The van der Waals surface area contributed by atoms with E-state index in [0.29, 0.717) is 11.4 Å². The Bertz CT molecular complexity index is 754. The fourth-order valence-electron chi connectivity index (χ4n) is 3.86. The van der Waals surface area contributed by atoms with Gasteiger partial charge in [0.15, 0.2) is 0 Å². The zero-order valence-corrected chi connectivity index (χ0v) is 16.1. The number of carbonyl (C=O) groups is 3. The molecule has 0 radical (unpaired) electrons.